The highest BCUT2D eigenvalue weighted by Crippen LogP contribution is 2.32. The van der Waals surface area contributed by atoms with Crippen LogP contribution in [-0.2, 0) is 19.6 Å². The zero-order valence-corrected chi connectivity index (χ0v) is 19.9. The number of carbonyl (C=O) groups is 2. The van der Waals surface area contributed by atoms with Crippen LogP contribution < -0.4 is 10.2 Å². The van der Waals surface area contributed by atoms with Crippen molar-refractivity contribution >= 4 is 49.8 Å². The Hall–Kier alpha value is -1.98. The van der Waals surface area contributed by atoms with Gasteiger partial charge in [0.15, 0.2) is 6.54 Å². The second-order valence-corrected chi connectivity index (χ2v) is 10.9. The monoisotopic (exact) mass is 486 g/mol. The van der Waals surface area contributed by atoms with Crippen molar-refractivity contribution in [2.75, 3.05) is 45.2 Å². The zero-order chi connectivity index (χ0) is 22.8. The predicted molar refractivity (Wildman–Crippen MR) is 120 cm³/mol. The second-order valence-electron chi connectivity index (χ2n) is 7.31. The van der Waals surface area contributed by atoms with E-state index in [9.17, 15) is 18.0 Å². The van der Waals surface area contributed by atoms with Crippen molar-refractivity contribution in [1.29, 1.82) is 0 Å². The van der Waals surface area contributed by atoms with E-state index in [0.717, 1.165) is 15.3 Å². The Bertz CT molecular complexity index is 1070. The standard InChI is InChI=1S/C20H24ClN3O5S2/c1-13-14(2)30-19(18(13)20(26)29-3)22-17(25)12-23-8-10-24(11-9-23)31(27,28)16-6-4-15(21)5-7-16/h4-7H,8-12H2,1-3H3,(H,22,25)/p+1. The maximum atomic E-state index is 12.8. The summed E-state index contributed by atoms with van der Waals surface area (Å²) in [6.45, 7) is 5.54. The summed E-state index contributed by atoms with van der Waals surface area (Å²) in [4.78, 5) is 26.8. The Morgan fingerprint density at radius 1 is 1.19 bits per heavy atom. The van der Waals surface area contributed by atoms with Crippen molar-refractivity contribution in [3.05, 3.63) is 45.3 Å². The van der Waals surface area contributed by atoms with Crippen molar-refractivity contribution < 1.29 is 27.6 Å². The molecule has 0 radical (unpaired) electrons. The first kappa shape index (κ1) is 23.7. The molecule has 1 fully saturated rings. The van der Waals surface area contributed by atoms with Crippen LogP contribution in [0.15, 0.2) is 29.2 Å². The van der Waals surface area contributed by atoms with Gasteiger partial charge in [0.25, 0.3) is 5.91 Å². The third kappa shape index (κ3) is 5.27. The van der Waals surface area contributed by atoms with E-state index in [1.54, 1.807) is 12.1 Å². The number of hydrogen-bond donors (Lipinski definition) is 2. The largest absolute Gasteiger partial charge is 0.465 e. The van der Waals surface area contributed by atoms with Crippen LogP contribution in [0.4, 0.5) is 5.00 Å². The lowest BCUT2D eigenvalue weighted by molar-refractivity contribution is -0.895. The molecule has 0 unspecified atom stereocenters. The molecule has 1 amide bonds. The Morgan fingerprint density at radius 3 is 2.39 bits per heavy atom. The number of anilines is 1. The number of halogens is 1. The second kappa shape index (κ2) is 9.66. The fourth-order valence-electron chi connectivity index (χ4n) is 3.44. The molecule has 0 aliphatic carbocycles. The number of methoxy groups -OCH3 is 1. The van der Waals surface area contributed by atoms with Crippen molar-refractivity contribution in [2.24, 2.45) is 0 Å². The molecule has 8 nitrogen and oxygen atoms in total. The summed E-state index contributed by atoms with van der Waals surface area (Å²) in [5.74, 6) is -0.707. The summed E-state index contributed by atoms with van der Waals surface area (Å²) in [6, 6.07) is 6.09. The quantitative estimate of drug-likeness (QED) is 0.600. The van der Waals surface area contributed by atoms with Gasteiger partial charge in [0.05, 0.1) is 43.7 Å². The number of piperazine rings is 1. The number of sulfonamides is 1. The SMILES string of the molecule is COC(=O)c1c(NC(=O)C[NH+]2CCN(S(=O)(=O)c3ccc(Cl)cc3)CC2)sc(C)c1C. The highest BCUT2D eigenvalue weighted by atomic mass is 35.5. The molecule has 0 bridgehead atoms. The Kier molecular flexibility index (Phi) is 7.38. The number of nitrogens with one attached hydrogen (secondary N) is 2. The Balaban J connectivity index is 1.59. The molecule has 31 heavy (non-hydrogen) atoms. The normalized spacial score (nSPS) is 15.6. The molecular weight excluding hydrogens is 462 g/mol. The minimum absolute atomic E-state index is 0.186. The third-order valence-electron chi connectivity index (χ3n) is 5.32. The van der Waals surface area contributed by atoms with Crippen LogP contribution in [0.25, 0.3) is 0 Å². The molecule has 1 aromatic heterocycles. The van der Waals surface area contributed by atoms with Gasteiger partial charge in [-0.15, -0.1) is 11.3 Å². The predicted octanol–water partition coefficient (Wildman–Crippen LogP) is 1.33. The van der Waals surface area contributed by atoms with Crippen molar-refractivity contribution in [3.63, 3.8) is 0 Å². The zero-order valence-electron chi connectivity index (χ0n) is 17.5. The van der Waals surface area contributed by atoms with Crippen LogP contribution in [0.2, 0.25) is 5.02 Å². The summed E-state index contributed by atoms with van der Waals surface area (Å²) in [7, 11) is -2.28. The van der Waals surface area contributed by atoms with Crippen LogP contribution in [0.1, 0.15) is 20.8 Å². The highest BCUT2D eigenvalue weighted by molar-refractivity contribution is 7.89. The number of benzene rings is 1. The maximum Gasteiger partial charge on any atom is 0.341 e. The first-order valence-electron chi connectivity index (χ1n) is 9.71. The van der Waals surface area contributed by atoms with Crippen LogP contribution >= 0.6 is 22.9 Å². The summed E-state index contributed by atoms with van der Waals surface area (Å²) in [6.07, 6.45) is 0. The van der Waals surface area contributed by atoms with E-state index in [1.165, 1.54) is 34.9 Å². The number of thiophene rings is 1. The molecule has 1 aliphatic heterocycles. The van der Waals surface area contributed by atoms with Gasteiger partial charge in [-0.1, -0.05) is 11.6 Å². The lowest BCUT2D eigenvalue weighted by Crippen LogP contribution is -3.15. The van der Waals surface area contributed by atoms with Gasteiger partial charge in [-0.3, -0.25) is 4.79 Å². The van der Waals surface area contributed by atoms with Crippen molar-refractivity contribution in [3.8, 4) is 0 Å². The molecule has 168 valence electrons. The smallest absolute Gasteiger partial charge is 0.341 e. The topological polar surface area (TPSA) is 97.2 Å². The van der Waals surface area contributed by atoms with Crippen molar-refractivity contribution in [1.82, 2.24) is 4.31 Å². The lowest BCUT2D eigenvalue weighted by Gasteiger charge is -2.31. The molecule has 3 rings (SSSR count). The number of esters is 1. The minimum Gasteiger partial charge on any atom is -0.465 e. The molecule has 1 aliphatic rings. The number of quaternary nitrogens is 1. The molecule has 11 heteroatoms. The first-order valence-corrected chi connectivity index (χ1v) is 12.3. The van der Waals surface area contributed by atoms with Gasteiger partial charge in [0.1, 0.15) is 5.00 Å². The fourth-order valence-corrected chi connectivity index (χ4v) is 6.07. The fraction of sp³-hybridized carbons (Fsp3) is 0.400. The van der Waals surface area contributed by atoms with Gasteiger partial charge >= 0.3 is 5.97 Å². The molecular formula is C20H25ClN3O5S2+. The molecule has 0 saturated carbocycles. The van der Waals surface area contributed by atoms with Crippen LogP contribution in [0.5, 0.6) is 0 Å². The first-order chi connectivity index (χ1) is 14.6. The number of hydrogen-bond acceptors (Lipinski definition) is 6. The average molecular weight is 487 g/mol. The average Bonchev–Trinajstić information content (AvgIpc) is 3.01. The summed E-state index contributed by atoms with van der Waals surface area (Å²) >= 11 is 7.18. The molecule has 2 heterocycles. The van der Waals surface area contributed by atoms with E-state index in [0.29, 0.717) is 41.8 Å². The summed E-state index contributed by atoms with van der Waals surface area (Å²) in [5, 5.41) is 3.78. The van der Waals surface area contributed by atoms with E-state index in [-0.39, 0.29) is 17.3 Å². The highest BCUT2D eigenvalue weighted by Gasteiger charge is 2.31. The maximum absolute atomic E-state index is 12.8. The van der Waals surface area contributed by atoms with Crippen LogP contribution in [0, 0.1) is 13.8 Å². The number of nitrogens with zero attached hydrogens (tertiary/aromatic N) is 1. The van der Waals surface area contributed by atoms with Crippen molar-refractivity contribution in [2.45, 2.75) is 18.7 Å². The van der Waals surface area contributed by atoms with E-state index >= 15 is 0 Å². The van der Waals surface area contributed by atoms with Crippen LogP contribution in [-0.4, -0.2) is 64.4 Å². The number of aryl methyl sites for hydroxylation is 1. The number of amides is 1. The van der Waals surface area contributed by atoms with E-state index < -0.39 is 16.0 Å². The Labute approximate surface area is 190 Å². The van der Waals surface area contributed by atoms with Gasteiger partial charge in [-0.05, 0) is 43.7 Å². The van der Waals surface area contributed by atoms with Crippen LogP contribution in [0.3, 0.4) is 0 Å². The number of ether oxygens (including phenoxy) is 1. The van der Waals surface area contributed by atoms with Gasteiger partial charge in [-0.25, -0.2) is 13.2 Å². The van der Waals surface area contributed by atoms with Gasteiger partial charge in [0, 0.05) is 9.90 Å². The van der Waals surface area contributed by atoms with E-state index in [1.807, 2.05) is 13.8 Å². The third-order valence-corrected chi connectivity index (χ3v) is 8.61. The Morgan fingerprint density at radius 2 is 1.81 bits per heavy atom. The van der Waals surface area contributed by atoms with Gasteiger partial charge < -0.3 is 15.0 Å². The molecule has 1 aromatic carbocycles. The van der Waals surface area contributed by atoms with Gasteiger partial charge in [0.2, 0.25) is 10.0 Å². The van der Waals surface area contributed by atoms with E-state index in [4.69, 9.17) is 16.3 Å². The molecule has 2 aromatic rings. The van der Waals surface area contributed by atoms with E-state index in [2.05, 4.69) is 5.32 Å². The number of rotatable bonds is 6. The van der Waals surface area contributed by atoms with Gasteiger partial charge in [-0.2, -0.15) is 4.31 Å². The molecule has 1 saturated heterocycles. The molecule has 0 atom stereocenters. The molecule has 2 N–H and O–H groups in total. The number of carbonyl (C=O) groups excluding carboxylic acids is 2. The lowest BCUT2D eigenvalue weighted by atomic mass is 10.1. The summed E-state index contributed by atoms with van der Waals surface area (Å²) in [5.41, 5.74) is 1.17. The summed E-state index contributed by atoms with van der Waals surface area (Å²) < 4.78 is 31.8. The molecule has 0 spiro atoms. The minimum atomic E-state index is -3.59.